The predicted molar refractivity (Wildman–Crippen MR) is 227 cm³/mol. The minimum atomic E-state index is -1.05. The normalized spacial score (nSPS) is 11.4. The average molecular weight is 806 g/mol. The van der Waals surface area contributed by atoms with Gasteiger partial charge in [-0.2, -0.15) is 10.5 Å². The van der Waals surface area contributed by atoms with Crippen LogP contribution in [0.1, 0.15) is 69.3 Å². The molecule has 0 saturated heterocycles. The van der Waals surface area contributed by atoms with Gasteiger partial charge in [0, 0.05) is 49.5 Å². The highest BCUT2D eigenvalue weighted by atomic mass is 35.5. The molecular formula is C48H44ClN5O5. The van der Waals surface area contributed by atoms with Gasteiger partial charge in [-0.15, -0.1) is 0 Å². The topological polar surface area (TPSA) is 161 Å². The number of ether oxygens (including phenoxy) is 2. The lowest BCUT2D eigenvalue weighted by Crippen LogP contribution is -2.13. The van der Waals surface area contributed by atoms with Crippen molar-refractivity contribution in [1.29, 1.82) is 10.5 Å². The van der Waals surface area contributed by atoms with E-state index in [2.05, 4.69) is 89.8 Å². The smallest absolute Gasteiger partial charge is 0.305 e. The Morgan fingerprint density at radius 1 is 0.746 bits per heavy atom. The highest BCUT2D eigenvalue weighted by Gasteiger charge is 2.17. The molecule has 0 aliphatic heterocycles. The fourth-order valence-corrected chi connectivity index (χ4v) is 7.20. The van der Waals surface area contributed by atoms with Crippen LogP contribution in [0.4, 0.5) is 0 Å². The van der Waals surface area contributed by atoms with Gasteiger partial charge in [-0.05, 0) is 107 Å². The summed E-state index contributed by atoms with van der Waals surface area (Å²) in [5.41, 5.74) is 12.3. The maximum Gasteiger partial charge on any atom is 0.305 e. The zero-order chi connectivity index (χ0) is 41.7. The van der Waals surface area contributed by atoms with Gasteiger partial charge in [0.1, 0.15) is 36.9 Å². The van der Waals surface area contributed by atoms with Crippen LogP contribution >= 0.6 is 11.6 Å². The maximum absolute atomic E-state index is 11.0. The molecule has 0 aliphatic rings. The van der Waals surface area contributed by atoms with Crippen molar-refractivity contribution in [1.82, 2.24) is 15.3 Å². The molecule has 0 aliphatic carbocycles. The summed E-state index contributed by atoms with van der Waals surface area (Å²) in [5, 5.41) is 41.4. The summed E-state index contributed by atoms with van der Waals surface area (Å²) in [5.74, 6) is -0.0835. The number of aryl methyl sites for hydroxylation is 1. The van der Waals surface area contributed by atoms with Gasteiger partial charge in [0.2, 0.25) is 0 Å². The second-order valence-electron chi connectivity index (χ2n) is 14.4. The van der Waals surface area contributed by atoms with Crippen molar-refractivity contribution in [2.24, 2.45) is 0 Å². The SMILES string of the molecule is Cc1c(COc2cc(OCc3cncc(C#N)c3)c(CCC[C@@H](O)CC(=O)O)cc2Cl)cccc1-c1cccc(-c2ccc(CNCc3cncc(C#N)c3)cc2)c1C. The van der Waals surface area contributed by atoms with Crippen LogP contribution in [-0.4, -0.2) is 32.3 Å². The molecule has 0 bridgehead atoms. The Labute approximate surface area is 349 Å². The molecule has 11 heteroatoms. The zero-order valence-electron chi connectivity index (χ0n) is 32.9. The fourth-order valence-electron chi connectivity index (χ4n) is 6.96. The Morgan fingerprint density at radius 3 is 2.08 bits per heavy atom. The van der Waals surface area contributed by atoms with Crippen molar-refractivity contribution in [3.63, 3.8) is 0 Å². The molecule has 3 N–H and O–H groups in total. The highest BCUT2D eigenvalue weighted by molar-refractivity contribution is 6.32. The lowest BCUT2D eigenvalue weighted by molar-refractivity contribution is -0.139. The summed E-state index contributed by atoms with van der Waals surface area (Å²) < 4.78 is 12.6. The van der Waals surface area contributed by atoms with Crippen molar-refractivity contribution in [2.45, 2.75) is 71.9 Å². The van der Waals surface area contributed by atoms with Gasteiger partial charge in [-0.25, -0.2) is 0 Å². The molecule has 10 nitrogen and oxygen atoms in total. The minimum absolute atomic E-state index is 0.150. The van der Waals surface area contributed by atoms with E-state index in [0.717, 1.165) is 61.2 Å². The Hall–Kier alpha value is -6.56. The number of pyridine rings is 2. The lowest BCUT2D eigenvalue weighted by Gasteiger charge is -2.18. The largest absolute Gasteiger partial charge is 0.488 e. The van der Waals surface area contributed by atoms with Crippen molar-refractivity contribution < 1.29 is 24.5 Å². The lowest BCUT2D eigenvalue weighted by atomic mass is 9.89. The first-order valence-electron chi connectivity index (χ1n) is 19.3. The first-order chi connectivity index (χ1) is 28.6. The molecule has 0 amide bonds. The molecule has 4 aromatic carbocycles. The van der Waals surface area contributed by atoms with E-state index in [4.69, 9.17) is 31.4 Å². The third-order valence-corrected chi connectivity index (χ3v) is 10.4. The third kappa shape index (κ3) is 11.3. The van der Waals surface area contributed by atoms with E-state index >= 15 is 0 Å². The number of aliphatic hydroxyl groups is 1. The van der Waals surface area contributed by atoms with Crippen LogP contribution in [-0.2, 0) is 37.5 Å². The fraction of sp³-hybridized carbons (Fsp3) is 0.229. The van der Waals surface area contributed by atoms with Gasteiger partial charge >= 0.3 is 5.97 Å². The molecule has 2 aromatic heterocycles. The molecule has 0 fully saturated rings. The number of aromatic nitrogens is 2. The van der Waals surface area contributed by atoms with Crippen LogP contribution in [0.25, 0.3) is 22.3 Å². The highest BCUT2D eigenvalue weighted by Crippen LogP contribution is 2.37. The third-order valence-electron chi connectivity index (χ3n) is 10.1. The van der Waals surface area contributed by atoms with Gasteiger partial charge in [0.15, 0.2) is 0 Å². The minimum Gasteiger partial charge on any atom is -0.488 e. The number of rotatable bonds is 18. The number of nitriles is 2. The number of nitrogens with one attached hydrogen (secondary N) is 1. The van der Waals surface area contributed by atoms with Crippen LogP contribution in [0.2, 0.25) is 5.02 Å². The number of aliphatic hydroxyl groups excluding tert-OH is 1. The molecule has 6 rings (SSSR count). The van der Waals surface area contributed by atoms with E-state index in [0.29, 0.717) is 60.0 Å². The van der Waals surface area contributed by atoms with Crippen LogP contribution in [0.5, 0.6) is 11.5 Å². The standard InChI is InChI=1S/C48H44ClN5O5/c1-31-40(30-59-47-20-46(58-29-37-17-35(22-51)25-54-28-37)39(18-45(47)49)6-3-8-41(55)19-48(56)57)7-4-10-43(31)44-11-5-9-42(32(44)2)38-14-12-33(13-15-38)23-52-26-36-16-34(21-50)24-53-27-36/h4-5,7,9-18,20,24-25,27-28,41,52,55H,3,6,8,19,23,26,29-30H2,1-2H3,(H,56,57)/t41-/m1/s1. The van der Waals surface area contributed by atoms with Crippen molar-refractivity contribution in [3.05, 3.63) is 165 Å². The van der Waals surface area contributed by atoms with Crippen molar-refractivity contribution >= 4 is 17.6 Å². The monoisotopic (exact) mass is 805 g/mol. The van der Waals surface area contributed by atoms with Gasteiger partial charge in [-0.3, -0.25) is 14.8 Å². The molecule has 1 atom stereocenters. The quantitative estimate of drug-likeness (QED) is 0.0763. The van der Waals surface area contributed by atoms with Gasteiger partial charge in [0.25, 0.3) is 0 Å². The number of hydrogen-bond donors (Lipinski definition) is 3. The number of hydrogen-bond acceptors (Lipinski definition) is 9. The summed E-state index contributed by atoms with van der Waals surface area (Å²) in [7, 11) is 0. The van der Waals surface area contributed by atoms with E-state index < -0.39 is 12.1 Å². The maximum atomic E-state index is 11.0. The van der Waals surface area contributed by atoms with Crippen molar-refractivity contribution in [3.8, 4) is 45.9 Å². The zero-order valence-corrected chi connectivity index (χ0v) is 33.7. The van der Waals surface area contributed by atoms with Crippen LogP contribution in [0, 0.1) is 36.5 Å². The molecular weight excluding hydrogens is 762 g/mol. The number of aliphatic carboxylic acids is 1. The predicted octanol–water partition coefficient (Wildman–Crippen LogP) is 9.43. The Kier molecular flexibility index (Phi) is 14.4. The van der Waals surface area contributed by atoms with Gasteiger partial charge in [0.05, 0.1) is 28.7 Å². The second-order valence-corrected chi connectivity index (χ2v) is 14.8. The van der Waals surface area contributed by atoms with Gasteiger partial charge in [-0.1, -0.05) is 72.3 Å². The summed E-state index contributed by atoms with van der Waals surface area (Å²) in [6.07, 6.45) is 6.49. The number of nitrogens with zero attached hydrogens (tertiary/aromatic N) is 4. The summed E-state index contributed by atoms with van der Waals surface area (Å²) in [4.78, 5) is 19.3. The molecule has 298 valence electrons. The van der Waals surface area contributed by atoms with Gasteiger partial charge < -0.3 is 25.0 Å². The molecule has 0 unspecified atom stereocenters. The number of carboxylic acid groups (broad SMARTS) is 1. The number of carboxylic acids is 1. The van der Waals surface area contributed by atoms with E-state index in [9.17, 15) is 15.2 Å². The molecule has 2 heterocycles. The summed E-state index contributed by atoms with van der Waals surface area (Å²) in [6, 6.07) is 32.4. The van der Waals surface area contributed by atoms with E-state index in [1.807, 2.05) is 18.2 Å². The number of benzene rings is 4. The van der Waals surface area contributed by atoms with Crippen molar-refractivity contribution in [2.75, 3.05) is 0 Å². The summed E-state index contributed by atoms with van der Waals surface area (Å²) in [6.45, 7) is 5.95. The Balaban J connectivity index is 1.16. The number of carbonyl (C=O) groups is 1. The first-order valence-corrected chi connectivity index (χ1v) is 19.6. The van der Waals surface area contributed by atoms with E-state index in [1.54, 1.807) is 36.8 Å². The molecule has 0 radical (unpaired) electrons. The van der Waals surface area contributed by atoms with E-state index in [-0.39, 0.29) is 19.6 Å². The molecule has 0 saturated carbocycles. The molecule has 0 spiro atoms. The molecule has 59 heavy (non-hydrogen) atoms. The Bertz CT molecular complexity index is 2510. The van der Waals surface area contributed by atoms with Crippen LogP contribution in [0.15, 0.2) is 110 Å². The van der Waals surface area contributed by atoms with Crippen LogP contribution in [0.3, 0.4) is 0 Å². The second kappa shape index (κ2) is 20.2. The molecule has 6 aromatic rings. The van der Waals surface area contributed by atoms with E-state index in [1.165, 1.54) is 6.20 Å². The average Bonchev–Trinajstić information content (AvgIpc) is 3.24. The van der Waals surface area contributed by atoms with Crippen LogP contribution < -0.4 is 14.8 Å². The Morgan fingerprint density at radius 2 is 1.37 bits per heavy atom. The summed E-state index contributed by atoms with van der Waals surface area (Å²) >= 11 is 6.80. The number of halogens is 1. The first kappa shape index (κ1) is 42.1.